The molecule has 1 aliphatic heterocycles. The average Bonchev–Trinajstić information content (AvgIpc) is 2.84. The summed E-state index contributed by atoms with van der Waals surface area (Å²) in [7, 11) is 0. The lowest BCUT2D eigenvalue weighted by atomic mass is 9.78. The largest absolute Gasteiger partial charge is 0.507 e. The van der Waals surface area contributed by atoms with Gasteiger partial charge in [0, 0.05) is 13.2 Å². The van der Waals surface area contributed by atoms with Gasteiger partial charge in [0.2, 0.25) is 5.91 Å². The van der Waals surface area contributed by atoms with Gasteiger partial charge in [-0.3, -0.25) is 4.79 Å². The van der Waals surface area contributed by atoms with E-state index in [1.54, 1.807) is 11.8 Å². The Labute approximate surface area is 155 Å². The molecule has 1 unspecified atom stereocenters. The minimum Gasteiger partial charge on any atom is -0.507 e. The molecule has 5 heteroatoms. The summed E-state index contributed by atoms with van der Waals surface area (Å²) in [5.74, 6) is 0.943. The van der Waals surface area contributed by atoms with E-state index in [1.165, 1.54) is 0 Å². The van der Waals surface area contributed by atoms with Crippen molar-refractivity contribution in [2.45, 2.75) is 64.2 Å². The van der Waals surface area contributed by atoms with Crippen molar-refractivity contribution in [3.8, 4) is 5.75 Å². The summed E-state index contributed by atoms with van der Waals surface area (Å²) in [5, 5.41) is 19.9. The van der Waals surface area contributed by atoms with E-state index >= 15 is 0 Å². The number of rotatable bonds is 4. The highest BCUT2D eigenvalue weighted by Crippen LogP contribution is 2.45. The van der Waals surface area contributed by atoms with Crippen molar-refractivity contribution in [1.29, 1.82) is 0 Å². The maximum Gasteiger partial charge on any atom is 0.233 e. The summed E-state index contributed by atoms with van der Waals surface area (Å²) in [6.45, 7) is 13.2. The molecule has 1 saturated heterocycles. The van der Waals surface area contributed by atoms with Crippen LogP contribution in [0.3, 0.4) is 0 Å². The van der Waals surface area contributed by atoms with Crippen LogP contribution in [0, 0.1) is 0 Å². The zero-order chi connectivity index (χ0) is 19.0. The minimum atomic E-state index is -0.191. The van der Waals surface area contributed by atoms with Gasteiger partial charge in [0.15, 0.2) is 0 Å². The summed E-state index contributed by atoms with van der Waals surface area (Å²) < 4.78 is 0. The third kappa shape index (κ3) is 4.32. The van der Waals surface area contributed by atoms with Crippen LogP contribution in [0.25, 0.3) is 0 Å². The predicted octanol–water partition coefficient (Wildman–Crippen LogP) is 3.94. The third-order valence-electron chi connectivity index (χ3n) is 4.56. The molecule has 1 aromatic rings. The number of aliphatic hydroxyl groups is 1. The first-order valence-electron chi connectivity index (χ1n) is 8.86. The highest BCUT2D eigenvalue weighted by Gasteiger charge is 2.35. The fraction of sp³-hybridized carbons (Fsp3) is 0.650. The van der Waals surface area contributed by atoms with Crippen LogP contribution in [0.1, 0.15) is 70.0 Å². The lowest BCUT2D eigenvalue weighted by molar-refractivity contribution is -0.128. The zero-order valence-electron chi connectivity index (χ0n) is 16.2. The molecular formula is C20H31NO3S. The van der Waals surface area contributed by atoms with Crippen LogP contribution in [0.15, 0.2) is 12.1 Å². The molecule has 140 valence electrons. The first kappa shape index (κ1) is 20.1. The molecule has 25 heavy (non-hydrogen) atoms. The van der Waals surface area contributed by atoms with E-state index < -0.39 is 0 Å². The zero-order valence-corrected chi connectivity index (χ0v) is 17.0. The van der Waals surface area contributed by atoms with Crippen LogP contribution >= 0.6 is 11.8 Å². The molecule has 0 aliphatic carbocycles. The highest BCUT2D eigenvalue weighted by molar-refractivity contribution is 8.00. The monoisotopic (exact) mass is 365 g/mol. The van der Waals surface area contributed by atoms with E-state index in [-0.39, 0.29) is 28.7 Å². The van der Waals surface area contributed by atoms with Gasteiger partial charge in [-0.05, 0) is 46.1 Å². The summed E-state index contributed by atoms with van der Waals surface area (Å²) in [6, 6.07) is 4.10. The van der Waals surface area contributed by atoms with Crippen molar-refractivity contribution in [3.63, 3.8) is 0 Å². The number of carbonyl (C=O) groups excluding carboxylic acids is 1. The number of carbonyl (C=O) groups is 1. The van der Waals surface area contributed by atoms with Crippen molar-refractivity contribution in [2.24, 2.45) is 0 Å². The number of nitrogens with zero attached hydrogens (tertiary/aromatic N) is 1. The topological polar surface area (TPSA) is 60.8 Å². The molecule has 0 spiro atoms. The molecule has 0 bridgehead atoms. The maximum absolute atomic E-state index is 12.3. The second-order valence-electron chi connectivity index (χ2n) is 8.79. The van der Waals surface area contributed by atoms with E-state index in [2.05, 4.69) is 41.5 Å². The molecule has 4 nitrogen and oxygen atoms in total. The Morgan fingerprint density at radius 3 is 2.08 bits per heavy atom. The maximum atomic E-state index is 12.3. The fourth-order valence-corrected chi connectivity index (χ4v) is 4.35. The van der Waals surface area contributed by atoms with Crippen molar-refractivity contribution < 1.29 is 15.0 Å². The van der Waals surface area contributed by atoms with E-state index in [0.717, 1.165) is 16.7 Å². The van der Waals surface area contributed by atoms with Gasteiger partial charge in [-0.2, -0.15) is 0 Å². The molecule has 2 rings (SSSR count). The number of thioether (sulfide) groups is 1. The van der Waals surface area contributed by atoms with Gasteiger partial charge in [-0.1, -0.05) is 41.5 Å². The Bertz CT molecular complexity index is 608. The van der Waals surface area contributed by atoms with Crippen molar-refractivity contribution in [3.05, 3.63) is 28.8 Å². The molecule has 1 fully saturated rings. The SMILES string of the molecule is CC(C)(C)c1cc(C2SCC(=O)N2CCCO)cc(C(C)(C)C)c1O. The normalized spacial score (nSPS) is 18.9. The highest BCUT2D eigenvalue weighted by atomic mass is 32.2. The summed E-state index contributed by atoms with van der Waals surface area (Å²) in [6.07, 6.45) is 0.582. The quantitative estimate of drug-likeness (QED) is 0.848. The minimum absolute atomic E-state index is 0.0538. The summed E-state index contributed by atoms with van der Waals surface area (Å²) in [5.41, 5.74) is 2.50. The summed E-state index contributed by atoms with van der Waals surface area (Å²) in [4.78, 5) is 14.1. The Morgan fingerprint density at radius 2 is 1.64 bits per heavy atom. The van der Waals surface area contributed by atoms with E-state index in [1.807, 2.05) is 17.0 Å². The van der Waals surface area contributed by atoms with Crippen LogP contribution in [0.2, 0.25) is 0 Å². The van der Waals surface area contributed by atoms with Crippen molar-refractivity contribution in [2.75, 3.05) is 18.9 Å². The number of hydrogen-bond donors (Lipinski definition) is 2. The number of benzene rings is 1. The van der Waals surface area contributed by atoms with Crippen molar-refractivity contribution >= 4 is 17.7 Å². The number of hydrogen-bond acceptors (Lipinski definition) is 4. The van der Waals surface area contributed by atoms with Gasteiger partial charge >= 0.3 is 0 Å². The van der Waals surface area contributed by atoms with E-state index in [9.17, 15) is 9.90 Å². The lowest BCUT2D eigenvalue weighted by Gasteiger charge is -2.31. The van der Waals surface area contributed by atoms with Crippen LogP contribution in [0.4, 0.5) is 0 Å². The smallest absolute Gasteiger partial charge is 0.233 e. The molecule has 0 aromatic heterocycles. The second kappa shape index (κ2) is 7.20. The van der Waals surface area contributed by atoms with Crippen LogP contribution in [-0.4, -0.2) is 39.9 Å². The molecule has 1 atom stereocenters. The van der Waals surface area contributed by atoms with Crippen LogP contribution in [-0.2, 0) is 15.6 Å². The second-order valence-corrected chi connectivity index (χ2v) is 9.86. The molecule has 2 N–H and O–H groups in total. The van der Waals surface area contributed by atoms with Gasteiger partial charge in [0.05, 0.1) is 5.75 Å². The van der Waals surface area contributed by atoms with E-state index in [4.69, 9.17) is 5.11 Å². The average molecular weight is 366 g/mol. The molecule has 1 aromatic carbocycles. The molecule has 1 heterocycles. The number of phenols is 1. The number of phenolic OH excluding ortho intramolecular Hbond substituents is 1. The first-order valence-corrected chi connectivity index (χ1v) is 9.91. The Morgan fingerprint density at radius 1 is 1.12 bits per heavy atom. The van der Waals surface area contributed by atoms with Crippen LogP contribution in [0.5, 0.6) is 5.75 Å². The Kier molecular flexibility index (Phi) is 5.79. The predicted molar refractivity (Wildman–Crippen MR) is 104 cm³/mol. The standard InChI is InChI=1S/C20H31NO3S/c1-19(2,3)14-10-13(11-15(17(14)24)20(4,5)6)18-21(8-7-9-22)16(23)12-25-18/h10-11,18,22,24H,7-9,12H2,1-6H3. The Balaban J connectivity index is 2.55. The molecule has 0 saturated carbocycles. The van der Waals surface area contributed by atoms with Crippen LogP contribution < -0.4 is 0 Å². The summed E-state index contributed by atoms with van der Waals surface area (Å²) >= 11 is 1.62. The van der Waals surface area contributed by atoms with Gasteiger partial charge in [0.25, 0.3) is 0 Å². The molecule has 1 amide bonds. The number of amides is 1. The first-order chi connectivity index (χ1) is 11.5. The molecule has 0 radical (unpaired) electrons. The van der Waals surface area contributed by atoms with Gasteiger partial charge in [-0.15, -0.1) is 11.8 Å². The Hall–Kier alpha value is -1.20. The molecular weight excluding hydrogens is 334 g/mol. The van der Waals surface area contributed by atoms with Crippen molar-refractivity contribution in [1.82, 2.24) is 4.90 Å². The van der Waals surface area contributed by atoms with Gasteiger partial charge in [0.1, 0.15) is 11.1 Å². The fourth-order valence-electron chi connectivity index (χ4n) is 3.16. The number of aromatic hydroxyl groups is 1. The van der Waals surface area contributed by atoms with Gasteiger partial charge < -0.3 is 15.1 Å². The van der Waals surface area contributed by atoms with E-state index in [0.29, 0.717) is 24.5 Å². The third-order valence-corrected chi connectivity index (χ3v) is 5.81. The number of aliphatic hydroxyl groups excluding tert-OH is 1. The van der Waals surface area contributed by atoms with Gasteiger partial charge in [-0.25, -0.2) is 0 Å². The molecule has 1 aliphatic rings. The lowest BCUT2D eigenvalue weighted by Crippen LogP contribution is -2.30.